The summed E-state index contributed by atoms with van der Waals surface area (Å²) in [5.41, 5.74) is 6.45. The van der Waals surface area contributed by atoms with Crippen molar-refractivity contribution in [1.82, 2.24) is 14.8 Å². The van der Waals surface area contributed by atoms with Gasteiger partial charge >= 0.3 is 0 Å². The van der Waals surface area contributed by atoms with Crippen molar-refractivity contribution in [2.45, 2.75) is 27.7 Å². The summed E-state index contributed by atoms with van der Waals surface area (Å²) in [5, 5.41) is 7.93. The summed E-state index contributed by atoms with van der Waals surface area (Å²) < 4.78 is 1.74. The quantitative estimate of drug-likeness (QED) is 0.427. The van der Waals surface area contributed by atoms with Gasteiger partial charge in [0.25, 0.3) is 5.91 Å². The summed E-state index contributed by atoms with van der Waals surface area (Å²) in [7, 11) is 0. The predicted octanol–water partition coefficient (Wildman–Crippen LogP) is 6.07. The third kappa shape index (κ3) is 4.23. The molecule has 5 nitrogen and oxygen atoms in total. The van der Waals surface area contributed by atoms with E-state index in [4.69, 9.17) is 11.6 Å². The number of nitrogens with zero attached hydrogens (tertiary/aromatic N) is 3. The van der Waals surface area contributed by atoms with E-state index in [9.17, 15) is 4.79 Å². The Kier molecular flexibility index (Phi) is 5.61. The molecule has 0 aliphatic carbocycles. The molecule has 6 heteroatoms. The fourth-order valence-corrected chi connectivity index (χ4v) is 3.72. The van der Waals surface area contributed by atoms with Crippen LogP contribution in [0.4, 0.5) is 5.69 Å². The van der Waals surface area contributed by atoms with Crippen LogP contribution in [0.3, 0.4) is 0 Å². The van der Waals surface area contributed by atoms with E-state index in [1.807, 2.05) is 76.2 Å². The van der Waals surface area contributed by atoms with Gasteiger partial charge in [0.1, 0.15) is 0 Å². The second kappa shape index (κ2) is 8.36. The second-order valence-corrected chi connectivity index (χ2v) is 8.12. The van der Waals surface area contributed by atoms with E-state index in [-0.39, 0.29) is 5.82 Å². The van der Waals surface area contributed by atoms with Crippen LogP contribution in [0, 0.1) is 27.7 Å². The number of carbonyl (C=O) groups excluding carboxylic acids is 1. The molecule has 4 rings (SSSR count). The summed E-state index contributed by atoms with van der Waals surface area (Å²) in [6.45, 7) is 7.96. The molecular formula is C25H23ClN4O. The number of aryl methyl sites for hydroxylation is 4. The number of aromatic nitrogens is 3. The molecule has 0 spiro atoms. The maximum absolute atomic E-state index is 13.1. The fraction of sp³-hybridized carbons (Fsp3) is 0.160. The Morgan fingerprint density at radius 2 is 1.65 bits per heavy atom. The largest absolute Gasteiger partial charge is 0.318 e. The Balaban J connectivity index is 1.83. The average Bonchev–Trinajstić information content (AvgIpc) is 3.18. The van der Waals surface area contributed by atoms with Gasteiger partial charge in [0.05, 0.1) is 16.4 Å². The molecule has 0 unspecified atom stereocenters. The molecule has 0 fully saturated rings. The van der Waals surface area contributed by atoms with Crippen molar-refractivity contribution in [3.05, 3.63) is 93.8 Å². The van der Waals surface area contributed by atoms with Gasteiger partial charge in [0.15, 0.2) is 5.82 Å². The first-order valence-corrected chi connectivity index (χ1v) is 10.4. The van der Waals surface area contributed by atoms with Gasteiger partial charge in [-0.15, -0.1) is 5.10 Å². The molecule has 3 aromatic carbocycles. The number of hydrogen-bond donors (Lipinski definition) is 1. The molecule has 1 heterocycles. The number of rotatable bonds is 4. The lowest BCUT2D eigenvalue weighted by atomic mass is 10.1. The smallest absolute Gasteiger partial charge is 0.295 e. The number of amides is 1. The van der Waals surface area contributed by atoms with E-state index in [0.29, 0.717) is 16.5 Å². The van der Waals surface area contributed by atoms with Crippen molar-refractivity contribution >= 4 is 23.2 Å². The topological polar surface area (TPSA) is 59.8 Å². The number of halogens is 1. The van der Waals surface area contributed by atoms with E-state index < -0.39 is 5.91 Å². The number of para-hydroxylation sites is 1. The summed E-state index contributed by atoms with van der Waals surface area (Å²) in [4.78, 5) is 17.7. The Hall–Kier alpha value is -3.44. The molecule has 31 heavy (non-hydrogen) atoms. The highest BCUT2D eigenvalue weighted by atomic mass is 35.5. The van der Waals surface area contributed by atoms with Gasteiger partial charge in [0.2, 0.25) is 5.82 Å². The molecule has 4 aromatic rings. The number of benzene rings is 3. The molecule has 0 radical (unpaired) electrons. The molecule has 1 N–H and O–H groups in total. The average molecular weight is 431 g/mol. The van der Waals surface area contributed by atoms with Crippen molar-refractivity contribution in [3.63, 3.8) is 0 Å². The molecule has 0 saturated heterocycles. The third-order valence-corrected chi connectivity index (χ3v) is 5.45. The SMILES string of the molecule is Cc1cccc(-c2nc(C(=O)Nc3c(C)cccc3Cl)nn2-c2cc(C)ccc2C)c1. The maximum atomic E-state index is 13.1. The molecule has 0 bridgehead atoms. The van der Waals surface area contributed by atoms with Crippen LogP contribution < -0.4 is 5.32 Å². The van der Waals surface area contributed by atoms with E-state index in [1.54, 1.807) is 10.7 Å². The van der Waals surface area contributed by atoms with Crippen LogP contribution in [-0.2, 0) is 0 Å². The van der Waals surface area contributed by atoms with Crippen molar-refractivity contribution in [3.8, 4) is 17.1 Å². The van der Waals surface area contributed by atoms with Gasteiger partial charge in [-0.1, -0.05) is 59.6 Å². The number of nitrogens with one attached hydrogen (secondary N) is 1. The minimum atomic E-state index is -0.408. The summed E-state index contributed by atoms with van der Waals surface area (Å²) in [6.07, 6.45) is 0. The number of anilines is 1. The molecule has 156 valence electrons. The molecule has 1 amide bonds. The fourth-order valence-electron chi connectivity index (χ4n) is 3.45. The first-order valence-electron chi connectivity index (χ1n) is 10.0. The Morgan fingerprint density at radius 1 is 0.903 bits per heavy atom. The Morgan fingerprint density at radius 3 is 2.39 bits per heavy atom. The minimum absolute atomic E-state index is 0.0803. The van der Waals surface area contributed by atoms with Crippen LogP contribution >= 0.6 is 11.6 Å². The van der Waals surface area contributed by atoms with Gasteiger partial charge in [-0.25, -0.2) is 9.67 Å². The van der Waals surface area contributed by atoms with Gasteiger partial charge < -0.3 is 5.32 Å². The van der Waals surface area contributed by atoms with E-state index in [2.05, 4.69) is 21.5 Å². The number of hydrogen-bond acceptors (Lipinski definition) is 3. The van der Waals surface area contributed by atoms with Crippen LogP contribution in [-0.4, -0.2) is 20.7 Å². The molecule has 0 saturated carbocycles. The van der Waals surface area contributed by atoms with Crippen LogP contribution in [0.2, 0.25) is 5.02 Å². The molecule has 0 atom stereocenters. The monoisotopic (exact) mass is 430 g/mol. The van der Waals surface area contributed by atoms with Gasteiger partial charge in [-0.05, 0) is 62.6 Å². The highest BCUT2D eigenvalue weighted by Gasteiger charge is 2.21. The highest BCUT2D eigenvalue weighted by Crippen LogP contribution is 2.27. The third-order valence-electron chi connectivity index (χ3n) is 5.14. The van der Waals surface area contributed by atoms with Crippen molar-refractivity contribution in [1.29, 1.82) is 0 Å². The Labute approximate surface area is 186 Å². The van der Waals surface area contributed by atoms with Crippen molar-refractivity contribution < 1.29 is 4.79 Å². The molecule has 1 aromatic heterocycles. The maximum Gasteiger partial charge on any atom is 0.295 e. The summed E-state index contributed by atoms with van der Waals surface area (Å²) >= 11 is 6.28. The zero-order valence-electron chi connectivity index (χ0n) is 17.9. The summed E-state index contributed by atoms with van der Waals surface area (Å²) in [5.74, 6) is 0.282. The summed E-state index contributed by atoms with van der Waals surface area (Å²) in [6, 6.07) is 19.6. The molecule has 0 aliphatic rings. The first-order chi connectivity index (χ1) is 14.8. The lowest BCUT2D eigenvalue weighted by Gasteiger charge is -2.10. The van der Waals surface area contributed by atoms with Crippen molar-refractivity contribution in [2.75, 3.05) is 5.32 Å². The number of carbonyl (C=O) groups is 1. The highest BCUT2D eigenvalue weighted by molar-refractivity contribution is 6.34. The van der Waals surface area contributed by atoms with Crippen LogP contribution in [0.15, 0.2) is 60.7 Å². The zero-order valence-corrected chi connectivity index (χ0v) is 18.7. The lowest BCUT2D eigenvalue weighted by molar-refractivity contribution is 0.101. The first kappa shape index (κ1) is 20.8. The van der Waals surface area contributed by atoms with E-state index in [1.165, 1.54) is 0 Å². The van der Waals surface area contributed by atoms with E-state index in [0.717, 1.165) is 33.5 Å². The molecular weight excluding hydrogens is 408 g/mol. The van der Waals surface area contributed by atoms with Crippen LogP contribution in [0.5, 0.6) is 0 Å². The van der Waals surface area contributed by atoms with Gasteiger partial charge in [0, 0.05) is 5.56 Å². The normalized spacial score (nSPS) is 10.9. The zero-order chi connectivity index (χ0) is 22.1. The van der Waals surface area contributed by atoms with Crippen LogP contribution in [0.1, 0.15) is 32.9 Å². The predicted molar refractivity (Wildman–Crippen MR) is 125 cm³/mol. The standard InChI is InChI=1S/C25H23ClN4O/c1-15-7-5-9-19(13-15)24-28-23(25(31)27-22-18(4)8-6-10-20(22)26)29-30(24)21-14-16(2)11-12-17(21)3/h5-14H,1-4H3,(H,27,31). The molecule has 0 aliphatic heterocycles. The Bertz CT molecular complexity index is 1270. The second-order valence-electron chi connectivity index (χ2n) is 7.72. The lowest BCUT2D eigenvalue weighted by Crippen LogP contribution is -2.15. The van der Waals surface area contributed by atoms with Crippen LogP contribution in [0.25, 0.3) is 17.1 Å². The van der Waals surface area contributed by atoms with Crippen molar-refractivity contribution in [2.24, 2.45) is 0 Å². The van der Waals surface area contributed by atoms with Gasteiger partial charge in [-0.3, -0.25) is 4.79 Å². The van der Waals surface area contributed by atoms with Gasteiger partial charge in [-0.2, -0.15) is 0 Å². The minimum Gasteiger partial charge on any atom is -0.318 e. The van der Waals surface area contributed by atoms with E-state index >= 15 is 0 Å².